The molecule has 4 heteroatoms. The number of nitriles is 1. The minimum atomic E-state index is -0.0115. The number of fused-ring (bicyclic) bond motifs is 1. The second-order valence-electron chi connectivity index (χ2n) is 2.87. The summed E-state index contributed by atoms with van der Waals surface area (Å²) < 4.78 is 1.05. The molecule has 0 aliphatic rings. The van der Waals surface area contributed by atoms with Gasteiger partial charge in [-0.1, -0.05) is 0 Å². The lowest BCUT2D eigenvalue weighted by Gasteiger charge is -2.00. The molecule has 1 aromatic carbocycles. The maximum absolute atomic E-state index is 9.10. The van der Waals surface area contributed by atoms with Crippen molar-refractivity contribution in [2.24, 2.45) is 0 Å². The first-order valence-electron chi connectivity index (χ1n) is 4.01. The van der Waals surface area contributed by atoms with Gasteiger partial charge < -0.3 is 5.11 Å². The molecule has 0 bridgehead atoms. The van der Waals surface area contributed by atoms with Gasteiger partial charge >= 0.3 is 0 Å². The van der Waals surface area contributed by atoms with Gasteiger partial charge in [-0.3, -0.25) is 0 Å². The Kier molecular flexibility index (Phi) is 2.46. The van der Waals surface area contributed by atoms with E-state index in [2.05, 4.69) is 18.7 Å². The maximum Gasteiger partial charge on any atom is 0.100 e. The van der Waals surface area contributed by atoms with Crippen LogP contribution in [0, 0.1) is 11.3 Å². The van der Waals surface area contributed by atoms with E-state index in [1.165, 1.54) is 0 Å². The van der Waals surface area contributed by atoms with Crippen molar-refractivity contribution in [2.45, 2.75) is 11.5 Å². The van der Waals surface area contributed by atoms with Crippen LogP contribution in [-0.2, 0) is 6.61 Å². The zero-order valence-corrected chi connectivity index (χ0v) is 8.90. The third kappa shape index (κ3) is 1.30. The highest BCUT2D eigenvalue weighted by atomic mass is 32.1. The summed E-state index contributed by atoms with van der Waals surface area (Å²) in [7, 11) is 0. The highest BCUT2D eigenvalue weighted by Gasteiger charge is 2.09. The molecular weight excluding hydrogens is 214 g/mol. The van der Waals surface area contributed by atoms with Gasteiger partial charge in [0.15, 0.2) is 0 Å². The van der Waals surface area contributed by atoms with Crippen LogP contribution in [-0.4, -0.2) is 5.11 Å². The molecule has 0 radical (unpaired) electrons. The molecule has 1 N–H and O–H groups in total. The van der Waals surface area contributed by atoms with E-state index in [0.29, 0.717) is 10.5 Å². The van der Waals surface area contributed by atoms with Crippen molar-refractivity contribution in [3.63, 3.8) is 0 Å². The molecule has 70 valence electrons. The van der Waals surface area contributed by atoms with Crippen LogP contribution >= 0.6 is 24.0 Å². The van der Waals surface area contributed by atoms with Gasteiger partial charge in [0.1, 0.15) is 6.07 Å². The lowest BCUT2D eigenvalue weighted by Crippen LogP contribution is -1.83. The Morgan fingerprint density at radius 2 is 2.29 bits per heavy atom. The highest BCUT2D eigenvalue weighted by Crippen LogP contribution is 2.33. The lowest BCUT2D eigenvalue weighted by atomic mass is 10.1. The quantitative estimate of drug-likeness (QED) is 0.727. The molecule has 0 saturated carbocycles. The van der Waals surface area contributed by atoms with Crippen molar-refractivity contribution in [3.05, 3.63) is 28.6 Å². The van der Waals surface area contributed by atoms with Crippen LogP contribution in [0.3, 0.4) is 0 Å². The summed E-state index contributed by atoms with van der Waals surface area (Å²) in [5.41, 5.74) is 1.39. The first kappa shape index (κ1) is 9.53. The number of hydrogen-bond acceptors (Lipinski definition) is 4. The van der Waals surface area contributed by atoms with Gasteiger partial charge in [0.25, 0.3) is 0 Å². The number of aliphatic hydroxyl groups excluding tert-OH is 1. The Morgan fingerprint density at radius 1 is 1.50 bits per heavy atom. The van der Waals surface area contributed by atoms with Gasteiger partial charge in [-0.2, -0.15) is 5.26 Å². The zero-order chi connectivity index (χ0) is 10.1. The van der Waals surface area contributed by atoms with Crippen LogP contribution in [0.1, 0.15) is 11.1 Å². The molecule has 0 saturated heterocycles. The van der Waals surface area contributed by atoms with Gasteiger partial charge in [0, 0.05) is 15.0 Å². The fourth-order valence-corrected chi connectivity index (χ4v) is 2.80. The molecule has 14 heavy (non-hydrogen) atoms. The molecule has 1 aromatic heterocycles. The van der Waals surface area contributed by atoms with E-state index >= 15 is 0 Å². The van der Waals surface area contributed by atoms with Crippen LogP contribution in [0.15, 0.2) is 22.4 Å². The van der Waals surface area contributed by atoms with E-state index in [1.54, 1.807) is 17.4 Å². The van der Waals surface area contributed by atoms with Crippen LogP contribution in [0.5, 0.6) is 0 Å². The topological polar surface area (TPSA) is 44.0 Å². The third-order valence-electron chi connectivity index (χ3n) is 2.08. The number of benzene rings is 1. The lowest BCUT2D eigenvalue weighted by molar-refractivity contribution is 0.283. The molecular formula is C10H7NOS2. The maximum atomic E-state index is 9.10. The Hall–Kier alpha value is -1.02. The average Bonchev–Trinajstić information content (AvgIpc) is 2.62. The van der Waals surface area contributed by atoms with E-state index < -0.39 is 0 Å². The normalized spacial score (nSPS) is 10.4. The molecule has 0 atom stereocenters. The molecule has 0 fully saturated rings. The Balaban J connectivity index is 2.85. The number of thiophene rings is 1. The highest BCUT2D eigenvalue weighted by molar-refractivity contribution is 7.80. The second kappa shape index (κ2) is 3.62. The number of rotatable bonds is 1. The second-order valence-corrected chi connectivity index (χ2v) is 4.22. The average molecular weight is 221 g/mol. The van der Waals surface area contributed by atoms with E-state index in [4.69, 9.17) is 10.4 Å². The molecule has 2 nitrogen and oxygen atoms in total. The van der Waals surface area contributed by atoms with E-state index in [0.717, 1.165) is 15.6 Å². The third-order valence-corrected chi connectivity index (χ3v) is 3.54. The summed E-state index contributed by atoms with van der Waals surface area (Å²) >= 11 is 5.86. The Morgan fingerprint density at radius 3 is 2.93 bits per heavy atom. The van der Waals surface area contributed by atoms with Crippen LogP contribution < -0.4 is 0 Å². The molecule has 0 aliphatic heterocycles. The molecule has 2 aromatic rings. The number of hydrogen-bond donors (Lipinski definition) is 2. The van der Waals surface area contributed by atoms with Gasteiger partial charge in [-0.05, 0) is 23.1 Å². The fraction of sp³-hybridized carbons (Fsp3) is 0.100. The summed E-state index contributed by atoms with van der Waals surface area (Å²) in [4.78, 5) is 0.662. The number of aliphatic hydroxyl groups is 1. The van der Waals surface area contributed by atoms with Crippen LogP contribution in [0.25, 0.3) is 10.1 Å². The van der Waals surface area contributed by atoms with Crippen LogP contribution in [0.4, 0.5) is 0 Å². The number of thiol groups is 1. The van der Waals surface area contributed by atoms with E-state index in [9.17, 15) is 0 Å². The largest absolute Gasteiger partial charge is 0.392 e. The summed E-state index contributed by atoms with van der Waals surface area (Å²) in [6.45, 7) is -0.0115. The molecule has 0 spiro atoms. The SMILES string of the molecule is N#Cc1ccc2scc(CO)c2c1S. The first-order valence-corrected chi connectivity index (χ1v) is 5.33. The minimum Gasteiger partial charge on any atom is -0.392 e. The molecule has 0 aliphatic carbocycles. The molecule has 0 amide bonds. The van der Waals surface area contributed by atoms with E-state index in [-0.39, 0.29) is 6.61 Å². The number of nitrogens with zero attached hydrogens (tertiary/aromatic N) is 1. The summed E-state index contributed by atoms with van der Waals surface area (Å²) in [5.74, 6) is 0. The van der Waals surface area contributed by atoms with Crippen molar-refractivity contribution in [3.8, 4) is 6.07 Å². The van der Waals surface area contributed by atoms with Gasteiger partial charge in [-0.25, -0.2) is 0 Å². The summed E-state index contributed by atoms with van der Waals surface area (Å²) in [5, 5.41) is 20.7. The Bertz CT molecular complexity index is 525. The van der Waals surface area contributed by atoms with Crippen molar-refractivity contribution in [1.29, 1.82) is 5.26 Å². The molecule has 0 unspecified atom stereocenters. The summed E-state index contributed by atoms with van der Waals surface area (Å²) in [6.07, 6.45) is 0. The molecule has 1 heterocycles. The standard InChI is InChI=1S/C10H7NOS2/c11-3-6-1-2-8-9(10(6)13)7(4-12)5-14-8/h1-2,5,12-13H,4H2. The predicted molar refractivity (Wildman–Crippen MR) is 59.7 cm³/mol. The zero-order valence-electron chi connectivity index (χ0n) is 7.19. The fourth-order valence-electron chi connectivity index (χ4n) is 1.38. The van der Waals surface area contributed by atoms with Gasteiger partial charge in [0.2, 0.25) is 0 Å². The van der Waals surface area contributed by atoms with Crippen molar-refractivity contribution in [2.75, 3.05) is 0 Å². The monoisotopic (exact) mass is 221 g/mol. The first-order chi connectivity index (χ1) is 6.77. The van der Waals surface area contributed by atoms with Gasteiger partial charge in [-0.15, -0.1) is 24.0 Å². The van der Waals surface area contributed by atoms with Crippen LogP contribution in [0.2, 0.25) is 0 Å². The van der Waals surface area contributed by atoms with Crippen molar-refractivity contribution < 1.29 is 5.11 Å². The van der Waals surface area contributed by atoms with Gasteiger partial charge in [0.05, 0.1) is 12.2 Å². The minimum absolute atomic E-state index is 0.0115. The van der Waals surface area contributed by atoms with Crippen molar-refractivity contribution >= 4 is 34.1 Å². The van der Waals surface area contributed by atoms with Crippen molar-refractivity contribution in [1.82, 2.24) is 0 Å². The summed E-state index contributed by atoms with van der Waals surface area (Å²) in [6, 6.07) is 5.71. The molecule has 2 rings (SSSR count). The Labute approximate surface area is 90.8 Å². The smallest absolute Gasteiger partial charge is 0.100 e. The van der Waals surface area contributed by atoms with E-state index in [1.807, 2.05) is 11.4 Å². The predicted octanol–water partition coefficient (Wildman–Crippen LogP) is 2.55.